The molecule has 2 N–H and O–H groups in total. The Morgan fingerprint density at radius 1 is 1.19 bits per heavy atom. The largest absolute Gasteiger partial charge is 0.489 e. The lowest BCUT2D eigenvalue weighted by atomic mass is 9.94. The van der Waals surface area contributed by atoms with Crippen LogP contribution in [0.3, 0.4) is 0 Å². The first kappa shape index (κ1) is 13.9. The molecule has 0 bridgehead atoms. The molecule has 2 atom stereocenters. The molecule has 0 saturated heterocycles. The van der Waals surface area contributed by atoms with Gasteiger partial charge in [-0.1, -0.05) is 6.92 Å². The number of carbonyl (C=O) groups excluding carboxylic acids is 2. The zero-order valence-corrected chi connectivity index (χ0v) is 12.5. The van der Waals surface area contributed by atoms with Gasteiger partial charge in [0.25, 0.3) is 11.8 Å². The van der Waals surface area contributed by atoms with Crippen LogP contribution >= 0.6 is 0 Å². The second-order valence-corrected chi connectivity index (χ2v) is 5.88. The van der Waals surface area contributed by atoms with E-state index in [4.69, 9.17) is 4.74 Å². The Hall–Kier alpha value is -2.04. The van der Waals surface area contributed by atoms with Gasteiger partial charge in [-0.2, -0.15) is 0 Å². The average Bonchev–Trinajstić information content (AvgIpc) is 3.24. The number of hydrogen-bond donors (Lipinski definition) is 2. The molecule has 0 unspecified atom stereocenters. The summed E-state index contributed by atoms with van der Waals surface area (Å²) in [7, 11) is 1.58. The lowest BCUT2D eigenvalue weighted by molar-refractivity contribution is 0.0951. The van der Waals surface area contributed by atoms with Crippen LogP contribution in [0.4, 0.5) is 0 Å². The minimum Gasteiger partial charge on any atom is -0.489 e. The van der Waals surface area contributed by atoms with Crippen LogP contribution in [0.2, 0.25) is 0 Å². The fourth-order valence-corrected chi connectivity index (χ4v) is 2.59. The molecule has 0 spiro atoms. The molecule has 1 aromatic rings. The molecule has 5 nitrogen and oxygen atoms in total. The van der Waals surface area contributed by atoms with Crippen molar-refractivity contribution in [2.24, 2.45) is 0 Å². The van der Waals surface area contributed by atoms with Crippen molar-refractivity contribution in [1.82, 2.24) is 10.6 Å². The van der Waals surface area contributed by atoms with E-state index in [9.17, 15) is 9.59 Å². The van der Waals surface area contributed by atoms with E-state index in [2.05, 4.69) is 10.6 Å². The van der Waals surface area contributed by atoms with Crippen LogP contribution in [0, 0.1) is 0 Å². The van der Waals surface area contributed by atoms with Crippen molar-refractivity contribution >= 4 is 11.8 Å². The molecule has 0 radical (unpaired) electrons. The van der Waals surface area contributed by atoms with Crippen LogP contribution in [-0.4, -0.2) is 31.0 Å². The van der Waals surface area contributed by atoms with Gasteiger partial charge in [0.15, 0.2) is 0 Å². The molecule has 112 valence electrons. The monoisotopic (exact) mass is 288 g/mol. The molecular formula is C16H20N2O3. The molecular weight excluding hydrogens is 268 g/mol. The van der Waals surface area contributed by atoms with Crippen LogP contribution < -0.4 is 15.4 Å². The number of nitrogens with one attached hydrogen (secondary N) is 2. The number of ether oxygens (including phenoxy) is 1. The highest BCUT2D eigenvalue weighted by Gasteiger charge is 2.33. The van der Waals surface area contributed by atoms with Gasteiger partial charge in [0, 0.05) is 30.1 Å². The predicted molar refractivity (Wildman–Crippen MR) is 78.8 cm³/mol. The molecule has 1 aliphatic heterocycles. The minimum atomic E-state index is -0.228. The fourth-order valence-electron chi connectivity index (χ4n) is 2.59. The Balaban J connectivity index is 2.02. The maximum Gasteiger partial charge on any atom is 0.254 e. The molecule has 0 aromatic heterocycles. The second-order valence-electron chi connectivity index (χ2n) is 5.88. The first-order chi connectivity index (χ1) is 10.0. The lowest BCUT2D eigenvalue weighted by Gasteiger charge is -2.11. The van der Waals surface area contributed by atoms with Gasteiger partial charge in [-0.05, 0) is 31.9 Å². The summed E-state index contributed by atoms with van der Waals surface area (Å²) in [5.74, 6) is 0.431. The maximum atomic E-state index is 12.3. The molecule has 1 aliphatic carbocycles. The van der Waals surface area contributed by atoms with E-state index >= 15 is 0 Å². The first-order valence-corrected chi connectivity index (χ1v) is 7.38. The third-order valence-electron chi connectivity index (χ3n) is 4.26. The van der Waals surface area contributed by atoms with Gasteiger partial charge in [0.2, 0.25) is 0 Å². The minimum absolute atomic E-state index is 0.00477. The molecule has 1 fully saturated rings. The van der Waals surface area contributed by atoms with Crippen molar-refractivity contribution in [1.29, 1.82) is 0 Å². The van der Waals surface area contributed by atoms with Crippen molar-refractivity contribution in [2.75, 3.05) is 7.05 Å². The molecule has 2 aliphatic rings. The van der Waals surface area contributed by atoms with Crippen LogP contribution in [-0.2, 0) is 0 Å². The normalized spacial score (nSPS) is 23.2. The van der Waals surface area contributed by atoms with Crippen molar-refractivity contribution in [3.05, 3.63) is 28.8 Å². The maximum absolute atomic E-state index is 12.3. The molecule has 1 saturated carbocycles. The number of fused-ring (bicyclic) bond motifs is 1. The van der Waals surface area contributed by atoms with Gasteiger partial charge in [-0.15, -0.1) is 0 Å². The number of hydrogen-bond acceptors (Lipinski definition) is 3. The summed E-state index contributed by atoms with van der Waals surface area (Å²) in [6.45, 7) is 4.02. The van der Waals surface area contributed by atoms with E-state index in [0.29, 0.717) is 22.9 Å². The van der Waals surface area contributed by atoms with Gasteiger partial charge in [0.1, 0.15) is 11.9 Å². The summed E-state index contributed by atoms with van der Waals surface area (Å²) in [4.78, 5) is 24.3. The van der Waals surface area contributed by atoms with Gasteiger partial charge >= 0.3 is 0 Å². The molecule has 3 rings (SSSR count). The predicted octanol–water partition coefficient (Wildman–Crippen LogP) is 1.82. The smallest absolute Gasteiger partial charge is 0.254 e. The van der Waals surface area contributed by atoms with Crippen molar-refractivity contribution in [3.63, 3.8) is 0 Å². The summed E-state index contributed by atoms with van der Waals surface area (Å²) < 4.78 is 5.81. The molecule has 2 amide bonds. The summed E-state index contributed by atoms with van der Waals surface area (Å²) in [6.07, 6.45) is 2.08. The van der Waals surface area contributed by atoms with Crippen molar-refractivity contribution in [2.45, 2.75) is 44.8 Å². The molecule has 21 heavy (non-hydrogen) atoms. The number of amides is 2. The topological polar surface area (TPSA) is 67.4 Å². The zero-order valence-electron chi connectivity index (χ0n) is 12.5. The highest BCUT2D eigenvalue weighted by atomic mass is 16.5. The van der Waals surface area contributed by atoms with Crippen LogP contribution in [0.1, 0.15) is 58.9 Å². The van der Waals surface area contributed by atoms with E-state index in [1.54, 1.807) is 13.1 Å². The van der Waals surface area contributed by atoms with E-state index in [-0.39, 0.29) is 23.8 Å². The highest BCUT2D eigenvalue weighted by Crippen LogP contribution is 2.41. The van der Waals surface area contributed by atoms with Crippen molar-refractivity contribution in [3.8, 4) is 5.75 Å². The molecule has 1 heterocycles. The number of carbonyl (C=O) groups is 2. The summed E-state index contributed by atoms with van der Waals surface area (Å²) in [5, 5.41) is 5.57. The van der Waals surface area contributed by atoms with Crippen LogP contribution in [0.15, 0.2) is 12.1 Å². The quantitative estimate of drug-likeness (QED) is 0.891. The first-order valence-electron chi connectivity index (χ1n) is 7.38. The van der Waals surface area contributed by atoms with Crippen LogP contribution in [0.5, 0.6) is 5.75 Å². The Morgan fingerprint density at radius 2 is 1.90 bits per heavy atom. The standard InChI is InChI=1S/C16H20N2O3/c1-8-9(2)21-14-12(8)6-10(7-13(14)16(20)17-3)15(19)18-11-4-5-11/h6-9,11H,4-5H2,1-3H3,(H,17,20)(H,18,19)/t8-,9+/m1/s1. The number of rotatable bonds is 3. The van der Waals surface area contributed by atoms with Crippen LogP contribution in [0.25, 0.3) is 0 Å². The van der Waals surface area contributed by atoms with E-state index in [1.165, 1.54) is 0 Å². The summed E-state index contributed by atoms with van der Waals surface area (Å²) >= 11 is 0. The van der Waals surface area contributed by atoms with Gasteiger partial charge in [-0.3, -0.25) is 9.59 Å². The SMILES string of the molecule is CNC(=O)c1cc(C(=O)NC2CC2)cc2c1O[C@@H](C)[C@H]2C. The van der Waals surface area contributed by atoms with E-state index in [0.717, 1.165) is 18.4 Å². The third kappa shape index (κ3) is 2.48. The fraction of sp³-hybridized carbons (Fsp3) is 0.500. The average molecular weight is 288 g/mol. The third-order valence-corrected chi connectivity index (χ3v) is 4.26. The molecule has 5 heteroatoms. The zero-order chi connectivity index (χ0) is 15.1. The summed E-state index contributed by atoms with van der Waals surface area (Å²) in [5.41, 5.74) is 1.90. The Labute approximate surface area is 124 Å². The molecule has 1 aromatic carbocycles. The van der Waals surface area contributed by atoms with Gasteiger partial charge in [0.05, 0.1) is 5.56 Å². The van der Waals surface area contributed by atoms with E-state index in [1.807, 2.05) is 19.9 Å². The van der Waals surface area contributed by atoms with E-state index < -0.39 is 0 Å². The van der Waals surface area contributed by atoms with Crippen molar-refractivity contribution < 1.29 is 14.3 Å². The Kier molecular flexibility index (Phi) is 3.35. The summed E-state index contributed by atoms with van der Waals surface area (Å²) in [6, 6.07) is 3.77. The second kappa shape index (κ2) is 5.06. The lowest BCUT2D eigenvalue weighted by Crippen LogP contribution is -2.26. The highest BCUT2D eigenvalue weighted by molar-refractivity contribution is 6.02. The number of benzene rings is 1. The van der Waals surface area contributed by atoms with Gasteiger partial charge in [-0.25, -0.2) is 0 Å². The van der Waals surface area contributed by atoms with Gasteiger partial charge < -0.3 is 15.4 Å². The Morgan fingerprint density at radius 3 is 2.52 bits per heavy atom. The Bertz CT molecular complexity index is 608.